The second kappa shape index (κ2) is 10.6. The van der Waals surface area contributed by atoms with Crippen LogP contribution >= 0.6 is 11.6 Å². The molecule has 0 fully saturated rings. The van der Waals surface area contributed by atoms with Crippen molar-refractivity contribution in [2.24, 2.45) is 5.84 Å². The van der Waals surface area contributed by atoms with E-state index in [1.807, 2.05) is 6.92 Å². The van der Waals surface area contributed by atoms with Crippen molar-refractivity contribution < 1.29 is 14.3 Å². The summed E-state index contributed by atoms with van der Waals surface area (Å²) in [7, 11) is 1.48. The lowest BCUT2D eigenvalue weighted by molar-refractivity contribution is 0.102. The van der Waals surface area contributed by atoms with Gasteiger partial charge < -0.3 is 15.4 Å². The number of anilines is 2. The van der Waals surface area contributed by atoms with Crippen molar-refractivity contribution >= 4 is 40.8 Å². The van der Waals surface area contributed by atoms with Crippen molar-refractivity contribution in [2.45, 2.75) is 6.92 Å². The molecular formula is C23H23ClN6O3. The number of amides is 2. The zero-order valence-electron chi connectivity index (χ0n) is 18.1. The van der Waals surface area contributed by atoms with E-state index in [1.54, 1.807) is 48.5 Å². The summed E-state index contributed by atoms with van der Waals surface area (Å²) in [6, 6.07) is 14.4. The van der Waals surface area contributed by atoms with Gasteiger partial charge in [-0.15, -0.1) is 0 Å². The minimum absolute atomic E-state index is 0.148. The Labute approximate surface area is 196 Å². The fourth-order valence-corrected chi connectivity index (χ4v) is 2.99. The fraction of sp³-hybridized carbons (Fsp3) is 0.130. The highest BCUT2D eigenvalue weighted by Crippen LogP contribution is 2.24. The molecule has 0 unspecified atom stereocenters. The highest BCUT2D eigenvalue weighted by atomic mass is 35.5. The Bertz CT molecular complexity index is 1170. The van der Waals surface area contributed by atoms with Crippen molar-refractivity contribution in [1.82, 2.24) is 9.99 Å². The molecule has 33 heavy (non-hydrogen) atoms. The average Bonchev–Trinajstić information content (AvgIpc) is 2.84. The molecule has 5 N–H and O–H groups in total. The Morgan fingerprint density at radius 1 is 1.06 bits per heavy atom. The van der Waals surface area contributed by atoms with Crippen LogP contribution in [0.1, 0.15) is 33.2 Å². The summed E-state index contributed by atoms with van der Waals surface area (Å²) in [5, 5.41) is 15.2. The van der Waals surface area contributed by atoms with Gasteiger partial charge in [-0.1, -0.05) is 23.7 Å². The van der Waals surface area contributed by atoms with Crippen molar-refractivity contribution in [3.8, 4) is 5.75 Å². The van der Waals surface area contributed by atoms with Gasteiger partial charge in [0.15, 0.2) is 0 Å². The molecule has 0 spiro atoms. The number of carbonyl (C=O) groups excluding carboxylic acids is 2. The van der Waals surface area contributed by atoms with E-state index in [9.17, 15) is 9.59 Å². The molecule has 0 aliphatic carbocycles. The summed E-state index contributed by atoms with van der Waals surface area (Å²) in [6.45, 7) is 2.32. The Morgan fingerprint density at radius 2 is 1.76 bits per heavy atom. The van der Waals surface area contributed by atoms with E-state index >= 15 is 0 Å². The number of pyridine rings is 1. The van der Waals surface area contributed by atoms with Crippen LogP contribution in [0.15, 0.2) is 60.8 Å². The third kappa shape index (κ3) is 5.85. The molecule has 0 saturated heterocycles. The van der Waals surface area contributed by atoms with Crippen LogP contribution in [0.4, 0.5) is 11.5 Å². The first kappa shape index (κ1) is 23.7. The zero-order chi connectivity index (χ0) is 24.0. The number of carbonyl (C=O) groups is 2. The van der Waals surface area contributed by atoms with E-state index < -0.39 is 11.8 Å². The number of hydrazine groups is 1. The van der Waals surface area contributed by atoms with Crippen LogP contribution in [0.2, 0.25) is 5.02 Å². The van der Waals surface area contributed by atoms with Gasteiger partial charge >= 0.3 is 0 Å². The average molecular weight is 467 g/mol. The molecule has 2 amide bonds. The summed E-state index contributed by atoms with van der Waals surface area (Å²) in [4.78, 5) is 29.8. The number of rotatable bonds is 7. The molecule has 10 heteroatoms. The molecule has 2 aromatic carbocycles. The van der Waals surface area contributed by atoms with Gasteiger partial charge in [0.05, 0.1) is 23.4 Å². The van der Waals surface area contributed by atoms with Crippen LogP contribution in [0.5, 0.6) is 5.75 Å². The van der Waals surface area contributed by atoms with Gasteiger partial charge in [-0.3, -0.25) is 20.0 Å². The number of hydrogen-bond donors (Lipinski definition) is 4. The summed E-state index contributed by atoms with van der Waals surface area (Å²) >= 11 is 5.84. The molecule has 1 heterocycles. The first-order valence-electron chi connectivity index (χ1n) is 9.96. The molecule has 3 aromatic rings. The molecular weight excluding hydrogens is 444 g/mol. The van der Waals surface area contributed by atoms with E-state index in [4.69, 9.17) is 27.6 Å². The molecule has 0 atom stereocenters. The van der Waals surface area contributed by atoms with E-state index in [0.29, 0.717) is 39.9 Å². The lowest BCUT2D eigenvalue weighted by Crippen LogP contribution is -2.37. The number of amidine groups is 1. The second-order valence-electron chi connectivity index (χ2n) is 6.89. The number of benzene rings is 2. The summed E-state index contributed by atoms with van der Waals surface area (Å²) < 4.78 is 5.22. The number of aromatic nitrogens is 1. The van der Waals surface area contributed by atoms with Gasteiger partial charge in [-0.25, -0.2) is 10.8 Å². The van der Waals surface area contributed by atoms with E-state index in [2.05, 4.69) is 15.6 Å². The molecule has 0 aliphatic heterocycles. The molecule has 0 aliphatic rings. The van der Waals surface area contributed by atoms with Crippen LogP contribution in [0.25, 0.3) is 0 Å². The van der Waals surface area contributed by atoms with Gasteiger partial charge in [0.2, 0.25) is 0 Å². The zero-order valence-corrected chi connectivity index (χ0v) is 18.8. The van der Waals surface area contributed by atoms with E-state index in [1.165, 1.54) is 24.4 Å². The van der Waals surface area contributed by atoms with Crippen molar-refractivity contribution in [3.63, 3.8) is 0 Å². The molecule has 0 radical (unpaired) electrons. The summed E-state index contributed by atoms with van der Waals surface area (Å²) in [5.41, 5.74) is 1.42. The van der Waals surface area contributed by atoms with Gasteiger partial charge in [0.25, 0.3) is 11.8 Å². The van der Waals surface area contributed by atoms with Crippen LogP contribution in [-0.4, -0.2) is 41.3 Å². The predicted octanol–water partition coefficient (Wildman–Crippen LogP) is 3.77. The maximum Gasteiger partial charge on any atom is 0.259 e. The monoisotopic (exact) mass is 466 g/mol. The van der Waals surface area contributed by atoms with Gasteiger partial charge in [0, 0.05) is 23.9 Å². The fourth-order valence-electron chi connectivity index (χ4n) is 2.88. The largest absolute Gasteiger partial charge is 0.497 e. The molecule has 0 bridgehead atoms. The first-order valence-corrected chi connectivity index (χ1v) is 10.3. The number of hydrogen-bond acceptors (Lipinski definition) is 6. The number of nitrogens with one attached hydrogen (secondary N) is 3. The van der Waals surface area contributed by atoms with Gasteiger partial charge in [-0.05, 0) is 49.4 Å². The molecule has 3 rings (SSSR count). The minimum Gasteiger partial charge on any atom is -0.497 e. The third-order valence-corrected chi connectivity index (χ3v) is 4.96. The third-order valence-electron chi connectivity index (χ3n) is 4.74. The normalized spacial score (nSPS) is 10.3. The minimum atomic E-state index is -0.481. The van der Waals surface area contributed by atoms with Gasteiger partial charge in [-0.2, -0.15) is 0 Å². The number of nitrogens with zero attached hydrogens (tertiary/aromatic N) is 2. The molecule has 9 nitrogen and oxygen atoms in total. The van der Waals surface area contributed by atoms with E-state index in [0.717, 1.165) is 0 Å². The number of methoxy groups -OCH3 is 1. The Hall–Kier alpha value is -3.95. The Kier molecular flexibility index (Phi) is 7.60. The number of nitrogens with two attached hydrogens (primary N) is 1. The van der Waals surface area contributed by atoms with Crippen LogP contribution in [-0.2, 0) is 0 Å². The van der Waals surface area contributed by atoms with Crippen LogP contribution in [0.3, 0.4) is 0 Å². The van der Waals surface area contributed by atoms with Crippen molar-refractivity contribution in [1.29, 1.82) is 5.41 Å². The highest BCUT2D eigenvalue weighted by Gasteiger charge is 2.17. The summed E-state index contributed by atoms with van der Waals surface area (Å²) in [5.74, 6) is 5.76. The van der Waals surface area contributed by atoms with E-state index in [-0.39, 0.29) is 11.4 Å². The van der Waals surface area contributed by atoms with Crippen molar-refractivity contribution in [2.75, 3.05) is 24.3 Å². The maximum absolute atomic E-state index is 12.9. The number of ether oxygens (including phenoxy) is 1. The predicted molar refractivity (Wildman–Crippen MR) is 128 cm³/mol. The standard InChI is InChI=1S/C23H23ClN6O3/c1-3-30(26)21(25)14-4-6-15(7-5-14)22(31)28-19-10-9-17(33-2)12-18(19)23(32)29-20-11-8-16(24)13-27-20/h4-13,25H,3,26H2,1-2H3,(H,28,31)(H,27,29,32). The smallest absolute Gasteiger partial charge is 0.259 e. The first-order chi connectivity index (χ1) is 15.8. The quantitative estimate of drug-likeness (QED) is 0.181. The number of halogens is 1. The lowest BCUT2D eigenvalue weighted by Gasteiger charge is -2.17. The Balaban J connectivity index is 1.81. The topological polar surface area (TPSA) is 133 Å². The van der Waals surface area contributed by atoms with Gasteiger partial charge in [0.1, 0.15) is 17.4 Å². The van der Waals surface area contributed by atoms with Crippen LogP contribution in [0, 0.1) is 5.41 Å². The maximum atomic E-state index is 12.9. The summed E-state index contributed by atoms with van der Waals surface area (Å²) in [6.07, 6.45) is 1.42. The SMILES string of the molecule is CCN(N)C(=N)c1ccc(C(=O)Nc2ccc(OC)cc2C(=O)Nc2ccc(Cl)cn2)cc1. The van der Waals surface area contributed by atoms with Crippen LogP contribution < -0.4 is 21.2 Å². The molecule has 1 aromatic heterocycles. The second-order valence-corrected chi connectivity index (χ2v) is 7.33. The highest BCUT2D eigenvalue weighted by molar-refractivity contribution is 6.30. The lowest BCUT2D eigenvalue weighted by atomic mass is 10.1. The molecule has 170 valence electrons. The Morgan fingerprint density at radius 3 is 2.36 bits per heavy atom. The van der Waals surface area contributed by atoms with Crippen molar-refractivity contribution in [3.05, 3.63) is 82.5 Å². The molecule has 0 saturated carbocycles.